The molecule has 4 rings (SSSR count). The van der Waals surface area contributed by atoms with E-state index in [4.69, 9.17) is 4.74 Å². The van der Waals surface area contributed by atoms with Crippen molar-refractivity contribution in [3.63, 3.8) is 0 Å². The summed E-state index contributed by atoms with van der Waals surface area (Å²) in [5, 5.41) is 3.32. The van der Waals surface area contributed by atoms with Crippen LogP contribution >= 0.6 is 0 Å². The van der Waals surface area contributed by atoms with Gasteiger partial charge >= 0.3 is 5.97 Å². The average Bonchev–Trinajstić information content (AvgIpc) is 3.26. The topological polar surface area (TPSA) is 38.3 Å². The number of carbonyl (C=O) groups is 1. The predicted molar refractivity (Wildman–Crippen MR) is 168 cm³/mol. The smallest absolute Gasteiger partial charge is 0.306 e. The molecule has 4 aliphatic rings. The normalized spacial score (nSPS) is 36.2. The first-order valence-electron chi connectivity index (χ1n) is 16.9. The Labute approximate surface area is 247 Å². The maximum absolute atomic E-state index is 12.8. The van der Waals surface area contributed by atoms with Crippen molar-refractivity contribution in [2.75, 3.05) is 0 Å². The van der Waals surface area contributed by atoms with Gasteiger partial charge in [-0.15, -0.1) is 0 Å². The van der Waals surface area contributed by atoms with Gasteiger partial charge in [0.15, 0.2) is 0 Å². The summed E-state index contributed by atoms with van der Waals surface area (Å²) in [5.74, 6) is 5.14. The van der Waals surface area contributed by atoms with E-state index in [0.29, 0.717) is 23.7 Å². The van der Waals surface area contributed by atoms with E-state index in [9.17, 15) is 4.79 Å². The molecule has 226 valence electrons. The zero-order valence-electron chi connectivity index (χ0n) is 27.3. The molecular formula is C37H61NO2. The zero-order valence-corrected chi connectivity index (χ0v) is 27.3. The highest BCUT2D eigenvalue weighted by atomic mass is 16.5. The minimum Gasteiger partial charge on any atom is -0.462 e. The van der Waals surface area contributed by atoms with Crippen LogP contribution in [0.15, 0.2) is 35.2 Å². The molecule has 0 aromatic heterocycles. The quantitative estimate of drug-likeness (QED) is 0.205. The fourth-order valence-corrected chi connectivity index (χ4v) is 9.77. The SMILES string of the molecule is C/C=C(/CCC(=O)OC1CCC2(C)C(=CCC3C2CCC2(C)C(C(C)CCCC(C)C)CCC32)C1)NC=C(C)C. The lowest BCUT2D eigenvalue weighted by Crippen LogP contribution is -2.51. The number of allylic oxidation sites excluding steroid dienone is 4. The third kappa shape index (κ3) is 6.75. The highest BCUT2D eigenvalue weighted by Gasteiger charge is 2.59. The van der Waals surface area contributed by atoms with Gasteiger partial charge in [-0.1, -0.05) is 77.2 Å². The maximum atomic E-state index is 12.8. The van der Waals surface area contributed by atoms with Crippen molar-refractivity contribution in [3.05, 3.63) is 35.2 Å². The summed E-state index contributed by atoms with van der Waals surface area (Å²) < 4.78 is 6.06. The first-order chi connectivity index (χ1) is 19.0. The van der Waals surface area contributed by atoms with Gasteiger partial charge in [0.05, 0.1) is 6.42 Å². The Morgan fingerprint density at radius 3 is 2.52 bits per heavy atom. The third-order valence-electron chi connectivity index (χ3n) is 12.1. The molecule has 0 amide bonds. The molecule has 3 heteroatoms. The number of nitrogens with one attached hydrogen (secondary N) is 1. The minimum absolute atomic E-state index is 0.0471. The van der Waals surface area contributed by atoms with Crippen LogP contribution in [-0.4, -0.2) is 12.1 Å². The third-order valence-corrected chi connectivity index (χ3v) is 12.1. The lowest BCUT2D eigenvalue weighted by atomic mass is 9.47. The number of fused-ring (bicyclic) bond motifs is 5. The maximum Gasteiger partial charge on any atom is 0.306 e. The van der Waals surface area contributed by atoms with Crippen LogP contribution in [0, 0.1) is 46.3 Å². The number of carbonyl (C=O) groups excluding carboxylic acids is 1. The number of hydrogen-bond acceptors (Lipinski definition) is 3. The predicted octanol–water partition coefficient (Wildman–Crippen LogP) is 10.1. The molecule has 0 spiro atoms. The van der Waals surface area contributed by atoms with Crippen molar-refractivity contribution in [1.29, 1.82) is 0 Å². The number of hydrogen-bond donors (Lipinski definition) is 1. The Morgan fingerprint density at radius 1 is 1.05 bits per heavy atom. The van der Waals surface area contributed by atoms with Crippen LogP contribution in [0.3, 0.4) is 0 Å². The van der Waals surface area contributed by atoms with Gasteiger partial charge in [0, 0.05) is 12.1 Å². The van der Waals surface area contributed by atoms with Gasteiger partial charge in [-0.25, -0.2) is 0 Å². The molecule has 0 aromatic carbocycles. The summed E-state index contributed by atoms with van der Waals surface area (Å²) in [6.07, 6.45) is 22.2. The molecule has 3 nitrogen and oxygen atoms in total. The fraction of sp³-hybridized carbons (Fsp3) is 0.811. The van der Waals surface area contributed by atoms with E-state index < -0.39 is 0 Å². The Kier molecular flexibility index (Phi) is 10.4. The number of ether oxygens (including phenoxy) is 1. The molecule has 3 fully saturated rings. The lowest BCUT2D eigenvalue weighted by Gasteiger charge is -2.58. The van der Waals surface area contributed by atoms with Gasteiger partial charge in [0.1, 0.15) is 6.10 Å². The van der Waals surface area contributed by atoms with Crippen LogP contribution in [0.25, 0.3) is 0 Å². The summed E-state index contributed by atoms with van der Waals surface area (Å²) in [5.41, 5.74) is 4.76. The van der Waals surface area contributed by atoms with Crippen molar-refractivity contribution < 1.29 is 9.53 Å². The second-order valence-corrected chi connectivity index (χ2v) is 15.3. The van der Waals surface area contributed by atoms with Crippen molar-refractivity contribution in [1.82, 2.24) is 5.32 Å². The molecule has 0 aromatic rings. The second-order valence-electron chi connectivity index (χ2n) is 15.3. The van der Waals surface area contributed by atoms with Crippen LogP contribution in [0.4, 0.5) is 0 Å². The lowest BCUT2D eigenvalue weighted by molar-refractivity contribution is -0.151. The molecular weight excluding hydrogens is 490 g/mol. The van der Waals surface area contributed by atoms with Gasteiger partial charge in [0.2, 0.25) is 0 Å². The first kappa shape index (κ1) is 31.4. The van der Waals surface area contributed by atoms with E-state index in [1.807, 2.05) is 13.1 Å². The van der Waals surface area contributed by atoms with Gasteiger partial charge in [-0.05, 0) is 125 Å². The Bertz CT molecular complexity index is 971. The molecule has 0 saturated heterocycles. The van der Waals surface area contributed by atoms with Gasteiger partial charge in [-0.3, -0.25) is 4.79 Å². The molecule has 3 saturated carbocycles. The second kappa shape index (κ2) is 13.2. The Balaban J connectivity index is 1.34. The molecule has 8 unspecified atom stereocenters. The van der Waals surface area contributed by atoms with Crippen molar-refractivity contribution in [2.24, 2.45) is 46.3 Å². The van der Waals surface area contributed by atoms with Crippen LogP contribution in [0.1, 0.15) is 139 Å². The number of rotatable bonds is 11. The summed E-state index contributed by atoms with van der Waals surface area (Å²) in [7, 11) is 0. The molecule has 0 heterocycles. The number of esters is 1. The summed E-state index contributed by atoms with van der Waals surface area (Å²) in [4.78, 5) is 12.8. The minimum atomic E-state index is -0.0471. The summed E-state index contributed by atoms with van der Waals surface area (Å²) >= 11 is 0. The largest absolute Gasteiger partial charge is 0.462 e. The van der Waals surface area contributed by atoms with Gasteiger partial charge < -0.3 is 10.1 Å². The highest BCUT2D eigenvalue weighted by molar-refractivity contribution is 5.70. The van der Waals surface area contributed by atoms with E-state index in [2.05, 4.69) is 65.9 Å². The van der Waals surface area contributed by atoms with E-state index in [0.717, 1.165) is 54.0 Å². The first-order valence-corrected chi connectivity index (χ1v) is 16.9. The molecule has 8 atom stereocenters. The van der Waals surface area contributed by atoms with Crippen molar-refractivity contribution in [3.8, 4) is 0 Å². The van der Waals surface area contributed by atoms with Crippen molar-refractivity contribution in [2.45, 2.75) is 145 Å². The van der Waals surface area contributed by atoms with E-state index in [-0.39, 0.29) is 12.1 Å². The summed E-state index contributed by atoms with van der Waals surface area (Å²) in [6, 6.07) is 0. The molecule has 0 radical (unpaired) electrons. The standard InChI is InChI=1S/C37H61NO2/c1-9-29(38-24-26(4)5)14-18-35(39)40-30-19-21-36(7)28(23-30)13-15-31-33-17-16-32(27(6)12-10-11-25(2)3)37(33,8)22-20-34(31)36/h9,13,24-25,27,30-34,38H,10-12,14-23H2,1-8H3/b29-9-. The highest BCUT2D eigenvalue weighted by Crippen LogP contribution is 2.67. The fourth-order valence-electron chi connectivity index (χ4n) is 9.77. The van der Waals surface area contributed by atoms with Crippen LogP contribution < -0.4 is 5.32 Å². The molecule has 0 aliphatic heterocycles. The Morgan fingerprint density at radius 2 is 1.82 bits per heavy atom. The molecule has 1 N–H and O–H groups in total. The van der Waals surface area contributed by atoms with Crippen LogP contribution in [0.2, 0.25) is 0 Å². The zero-order chi connectivity index (χ0) is 29.1. The van der Waals surface area contributed by atoms with E-state index in [1.165, 1.54) is 63.4 Å². The molecule has 4 aliphatic carbocycles. The van der Waals surface area contributed by atoms with Gasteiger partial charge in [0.25, 0.3) is 0 Å². The van der Waals surface area contributed by atoms with Crippen molar-refractivity contribution >= 4 is 5.97 Å². The molecule has 0 bridgehead atoms. The summed E-state index contributed by atoms with van der Waals surface area (Å²) in [6.45, 7) is 18.7. The van der Waals surface area contributed by atoms with Crippen LogP contribution in [-0.2, 0) is 9.53 Å². The van der Waals surface area contributed by atoms with Gasteiger partial charge in [-0.2, -0.15) is 0 Å². The monoisotopic (exact) mass is 551 g/mol. The van der Waals surface area contributed by atoms with Crippen LogP contribution in [0.5, 0.6) is 0 Å². The Hall–Kier alpha value is -1.51. The van der Waals surface area contributed by atoms with E-state index in [1.54, 1.807) is 5.57 Å². The van der Waals surface area contributed by atoms with E-state index >= 15 is 0 Å². The average molecular weight is 552 g/mol. The molecule has 40 heavy (non-hydrogen) atoms.